The lowest BCUT2D eigenvalue weighted by Crippen LogP contribution is -2.50. The third-order valence-corrected chi connectivity index (χ3v) is 5.31. The van der Waals surface area contributed by atoms with E-state index in [4.69, 9.17) is 0 Å². The fourth-order valence-corrected chi connectivity index (χ4v) is 3.78. The summed E-state index contributed by atoms with van der Waals surface area (Å²) in [7, 11) is 0. The van der Waals surface area contributed by atoms with E-state index in [0.29, 0.717) is 12.5 Å². The first-order valence-corrected chi connectivity index (χ1v) is 9.54. The van der Waals surface area contributed by atoms with E-state index in [1.54, 1.807) is 0 Å². The second-order valence-corrected chi connectivity index (χ2v) is 7.25. The Balaban J connectivity index is 1.47. The Morgan fingerprint density at radius 1 is 0.917 bits per heavy atom. The van der Waals surface area contributed by atoms with Crippen molar-refractivity contribution in [1.82, 2.24) is 9.80 Å². The molecule has 2 saturated heterocycles. The Morgan fingerprint density at radius 2 is 1.58 bits per heavy atom. The van der Waals surface area contributed by atoms with Crippen LogP contribution in [0.15, 0.2) is 24.3 Å². The number of aryl methyl sites for hydroxylation is 1. The number of hydrogen-bond donors (Lipinski definition) is 0. The molecular weight excluding hydrogens is 298 g/mol. The molecule has 2 aliphatic rings. The number of anilines is 1. The molecule has 1 amide bonds. The molecule has 0 unspecified atom stereocenters. The number of likely N-dealkylation sites (tertiary alicyclic amines) is 1. The number of hydrogen-bond acceptors (Lipinski definition) is 3. The molecule has 0 atom stereocenters. The Kier molecular flexibility index (Phi) is 6.13. The number of amides is 1. The number of carbonyl (C=O) groups excluding carboxylic acids is 1. The molecule has 24 heavy (non-hydrogen) atoms. The Bertz CT molecular complexity index is 529. The Hall–Kier alpha value is -1.55. The summed E-state index contributed by atoms with van der Waals surface area (Å²) in [6, 6.07) is 8.71. The first-order chi connectivity index (χ1) is 11.7. The first kappa shape index (κ1) is 17.3. The predicted octanol–water partition coefficient (Wildman–Crippen LogP) is 2.91. The third-order valence-electron chi connectivity index (χ3n) is 5.31. The van der Waals surface area contributed by atoms with Gasteiger partial charge in [-0.3, -0.25) is 9.69 Å². The molecule has 0 spiro atoms. The maximum Gasteiger partial charge on any atom is 0.236 e. The average molecular weight is 329 g/mol. The topological polar surface area (TPSA) is 26.8 Å². The molecule has 3 rings (SSSR count). The minimum atomic E-state index is 0.334. The number of carbonyl (C=O) groups is 1. The fraction of sp³-hybridized carbons (Fsp3) is 0.650. The van der Waals surface area contributed by atoms with Crippen LogP contribution in [0.5, 0.6) is 0 Å². The summed E-state index contributed by atoms with van der Waals surface area (Å²) < 4.78 is 0. The summed E-state index contributed by atoms with van der Waals surface area (Å²) in [6.45, 7) is 8.64. The van der Waals surface area contributed by atoms with Crippen molar-refractivity contribution in [3.05, 3.63) is 29.8 Å². The van der Waals surface area contributed by atoms with Crippen LogP contribution in [0.1, 0.15) is 37.7 Å². The van der Waals surface area contributed by atoms with Crippen LogP contribution < -0.4 is 4.90 Å². The molecule has 0 aromatic heterocycles. The number of benzene rings is 1. The zero-order valence-corrected chi connectivity index (χ0v) is 15.0. The lowest BCUT2D eigenvalue weighted by Gasteiger charge is -2.37. The van der Waals surface area contributed by atoms with Crippen LogP contribution >= 0.6 is 0 Å². The van der Waals surface area contributed by atoms with Gasteiger partial charge in [0, 0.05) is 45.0 Å². The highest BCUT2D eigenvalue weighted by atomic mass is 16.2. The van der Waals surface area contributed by atoms with Gasteiger partial charge in [0.05, 0.1) is 6.54 Å². The van der Waals surface area contributed by atoms with Gasteiger partial charge in [-0.15, -0.1) is 0 Å². The van der Waals surface area contributed by atoms with Crippen LogP contribution in [0.25, 0.3) is 0 Å². The van der Waals surface area contributed by atoms with Crippen molar-refractivity contribution in [2.75, 3.05) is 50.7 Å². The summed E-state index contributed by atoms with van der Waals surface area (Å²) in [5, 5.41) is 0. The molecule has 0 N–H and O–H groups in total. The van der Waals surface area contributed by atoms with Crippen molar-refractivity contribution < 1.29 is 4.79 Å². The van der Waals surface area contributed by atoms with Crippen molar-refractivity contribution in [2.24, 2.45) is 0 Å². The van der Waals surface area contributed by atoms with Gasteiger partial charge in [0.25, 0.3) is 0 Å². The largest absolute Gasteiger partial charge is 0.369 e. The van der Waals surface area contributed by atoms with E-state index in [1.165, 1.54) is 43.4 Å². The van der Waals surface area contributed by atoms with Gasteiger partial charge in [0.1, 0.15) is 0 Å². The van der Waals surface area contributed by atoms with Gasteiger partial charge in [-0.25, -0.2) is 0 Å². The molecule has 132 valence electrons. The molecular formula is C20H31N3O. The van der Waals surface area contributed by atoms with Gasteiger partial charge in [-0.2, -0.15) is 0 Å². The number of piperazine rings is 1. The van der Waals surface area contributed by atoms with E-state index < -0.39 is 0 Å². The zero-order chi connectivity index (χ0) is 16.8. The molecule has 1 aromatic rings. The van der Waals surface area contributed by atoms with Crippen LogP contribution in [0.2, 0.25) is 0 Å². The Morgan fingerprint density at radius 3 is 2.25 bits per heavy atom. The molecule has 0 aliphatic carbocycles. The number of nitrogens with zero attached hydrogens (tertiary/aromatic N) is 3. The van der Waals surface area contributed by atoms with Crippen molar-refractivity contribution in [1.29, 1.82) is 0 Å². The minimum Gasteiger partial charge on any atom is -0.369 e. The van der Waals surface area contributed by atoms with E-state index in [9.17, 15) is 4.79 Å². The molecule has 2 fully saturated rings. The van der Waals surface area contributed by atoms with Crippen molar-refractivity contribution >= 4 is 11.6 Å². The quantitative estimate of drug-likeness (QED) is 0.853. The van der Waals surface area contributed by atoms with Gasteiger partial charge in [0.2, 0.25) is 5.91 Å². The molecule has 2 aliphatic heterocycles. The smallest absolute Gasteiger partial charge is 0.236 e. The summed E-state index contributed by atoms with van der Waals surface area (Å²) >= 11 is 0. The van der Waals surface area contributed by atoms with Crippen LogP contribution in [0, 0.1) is 6.92 Å². The highest BCUT2D eigenvalue weighted by molar-refractivity contribution is 5.78. The molecule has 0 radical (unpaired) electrons. The molecule has 0 saturated carbocycles. The Labute approximate surface area is 146 Å². The van der Waals surface area contributed by atoms with E-state index in [0.717, 1.165) is 39.3 Å². The summed E-state index contributed by atoms with van der Waals surface area (Å²) in [5.41, 5.74) is 2.62. The van der Waals surface area contributed by atoms with Crippen molar-refractivity contribution in [3.8, 4) is 0 Å². The van der Waals surface area contributed by atoms with Crippen LogP contribution in [0.3, 0.4) is 0 Å². The normalized spacial score (nSPS) is 20.5. The molecule has 0 bridgehead atoms. The van der Waals surface area contributed by atoms with E-state index >= 15 is 0 Å². The van der Waals surface area contributed by atoms with Gasteiger partial charge in [-0.1, -0.05) is 31.4 Å². The molecule has 4 nitrogen and oxygen atoms in total. The van der Waals surface area contributed by atoms with Crippen molar-refractivity contribution in [2.45, 2.75) is 39.0 Å². The fourth-order valence-electron chi connectivity index (χ4n) is 3.78. The van der Waals surface area contributed by atoms with Gasteiger partial charge < -0.3 is 9.80 Å². The second-order valence-electron chi connectivity index (χ2n) is 7.25. The lowest BCUT2D eigenvalue weighted by molar-refractivity contribution is -0.132. The van der Waals surface area contributed by atoms with Crippen LogP contribution in [-0.4, -0.2) is 61.5 Å². The van der Waals surface area contributed by atoms with Gasteiger partial charge in [0.15, 0.2) is 0 Å². The maximum absolute atomic E-state index is 12.6. The maximum atomic E-state index is 12.6. The van der Waals surface area contributed by atoms with Crippen LogP contribution in [0.4, 0.5) is 5.69 Å². The first-order valence-electron chi connectivity index (χ1n) is 9.54. The summed E-state index contributed by atoms with van der Waals surface area (Å²) in [6.07, 6.45) is 6.24. The van der Waals surface area contributed by atoms with Crippen molar-refractivity contribution in [3.63, 3.8) is 0 Å². The second kappa shape index (κ2) is 8.52. The highest BCUT2D eigenvalue weighted by Gasteiger charge is 2.22. The van der Waals surface area contributed by atoms with Gasteiger partial charge >= 0.3 is 0 Å². The highest BCUT2D eigenvalue weighted by Crippen LogP contribution is 2.18. The summed E-state index contributed by atoms with van der Waals surface area (Å²) in [4.78, 5) is 19.5. The lowest BCUT2D eigenvalue weighted by atomic mass is 10.1. The predicted molar refractivity (Wildman–Crippen MR) is 99.5 cm³/mol. The molecule has 2 heterocycles. The zero-order valence-electron chi connectivity index (χ0n) is 15.0. The van der Waals surface area contributed by atoms with E-state index in [2.05, 4.69) is 45.9 Å². The van der Waals surface area contributed by atoms with Crippen LogP contribution in [-0.2, 0) is 4.79 Å². The number of rotatable bonds is 3. The minimum absolute atomic E-state index is 0.334. The van der Waals surface area contributed by atoms with E-state index in [1.807, 2.05) is 0 Å². The van der Waals surface area contributed by atoms with E-state index in [-0.39, 0.29) is 0 Å². The SMILES string of the molecule is Cc1cccc(N2CCN(CC(=O)N3CCCCCCC3)CC2)c1. The third kappa shape index (κ3) is 4.73. The monoisotopic (exact) mass is 329 g/mol. The standard InChI is InChI=1S/C20H31N3O/c1-18-8-7-9-19(16-18)22-14-12-21(13-15-22)17-20(24)23-10-5-3-2-4-6-11-23/h7-9,16H,2-6,10-15,17H2,1H3. The average Bonchev–Trinajstić information content (AvgIpc) is 2.55. The van der Waals surface area contributed by atoms with Gasteiger partial charge in [-0.05, 0) is 37.5 Å². The molecule has 4 heteroatoms. The summed E-state index contributed by atoms with van der Waals surface area (Å²) in [5.74, 6) is 0.334. The molecule has 1 aromatic carbocycles.